The molecule has 94 valence electrons. The Morgan fingerprint density at radius 1 is 1.29 bits per heavy atom. The van der Waals surface area contributed by atoms with Crippen molar-refractivity contribution >= 4 is 0 Å². The van der Waals surface area contributed by atoms with Gasteiger partial charge in [-0.1, -0.05) is 30.3 Å². The molecule has 0 aliphatic carbocycles. The molecule has 1 unspecified atom stereocenters. The van der Waals surface area contributed by atoms with Gasteiger partial charge in [0.2, 0.25) is 0 Å². The van der Waals surface area contributed by atoms with E-state index in [4.69, 9.17) is 0 Å². The van der Waals surface area contributed by atoms with Gasteiger partial charge in [-0.15, -0.1) is 0 Å². The maximum absolute atomic E-state index is 3.61. The minimum absolute atomic E-state index is 0.237. The summed E-state index contributed by atoms with van der Waals surface area (Å²) in [6.07, 6.45) is 1.23. The van der Waals surface area contributed by atoms with Crippen LogP contribution in [0.25, 0.3) is 0 Å². The van der Waals surface area contributed by atoms with Gasteiger partial charge >= 0.3 is 0 Å². The van der Waals surface area contributed by atoms with Crippen molar-refractivity contribution in [2.75, 3.05) is 13.1 Å². The van der Waals surface area contributed by atoms with Crippen molar-refractivity contribution in [1.29, 1.82) is 0 Å². The third kappa shape index (κ3) is 3.30. The van der Waals surface area contributed by atoms with Gasteiger partial charge < -0.3 is 5.32 Å². The molecule has 1 aromatic carbocycles. The lowest BCUT2D eigenvalue weighted by atomic mass is 10.0. The Morgan fingerprint density at radius 2 is 2.00 bits per heavy atom. The molecule has 17 heavy (non-hydrogen) atoms. The maximum Gasteiger partial charge on any atom is 0.0281 e. The molecule has 1 N–H and O–H groups in total. The second-order valence-corrected chi connectivity index (χ2v) is 5.79. The van der Waals surface area contributed by atoms with E-state index in [1.54, 1.807) is 0 Å². The quantitative estimate of drug-likeness (QED) is 0.843. The largest absolute Gasteiger partial charge is 0.312 e. The number of hydrogen-bond acceptors (Lipinski definition) is 2. The van der Waals surface area contributed by atoms with Crippen LogP contribution in [-0.4, -0.2) is 29.6 Å². The summed E-state index contributed by atoms with van der Waals surface area (Å²) in [5, 5.41) is 3.61. The fraction of sp³-hybridized carbons (Fsp3) is 0.600. The molecule has 2 rings (SSSR count). The van der Waals surface area contributed by atoms with Crippen LogP contribution < -0.4 is 5.32 Å². The Balaban J connectivity index is 2.07. The van der Waals surface area contributed by atoms with Crippen molar-refractivity contribution in [3.8, 4) is 0 Å². The van der Waals surface area contributed by atoms with Gasteiger partial charge in [0.15, 0.2) is 0 Å². The first kappa shape index (κ1) is 12.6. The number of nitrogens with zero attached hydrogens (tertiary/aromatic N) is 1. The number of nitrogens with one attached hydrogen (secondary N) is 1. The highest BCUT2D eigenvalue weighted by molar-refractivity contribution is 5.15. The monoisotopic (exact) mass is 232 g/mol. The first-order chi connectivity index (χ1) is 8.08. The molecule has 1 aliphatic heterocycles. The molecule has 1 saturated heterocycles. The molecule has 1 aromatic rings. The Hall–Kier alpha value is -0.860. The second-order valence-electron chi connectivity index (χ2n) is 5.79. The normalized spacial score (nSPS) is 25.5. The zero-order chi connectivity index (χ0) is 12.3. The van der Waals surface area contributed by atoms with Crippen molar-refractivity contribution in [2.45, 2.75) is 45.3 Å². The predicted molar refractivity (Wildman–Crippen MR) is 73.0 cm³/mol. The van der Waals surface area contributed by atoms with E-state index >= 15 is 0 Å². The minimum atomic E-state index is 0.237. The van der Waals surface area contributed by atoms with E-state index in [0.29, 0.717) is 6.04 Å². The van der Waals surface area contributed by atoms with Crippen LogP contribution in [0.3, 0.4) is 0 Å². The molecule has 2 heteroatoms. The van der Waals surface area contributed by atoms with Gasteiger partial charge in [-0.05, 0) is 32.8 Å². The van der Waals surface area contributed by atoms with E-state index in [1.165, 1.54) is 18.5 Å². The van der Waals surface area contributed by atoms with E-state index in [9.17, 15) is 0 Å². The number of hydrogen-bond donors (Lipinski definition) is 1. The fourth-order valence-electron chi connectivity index (χ4n) is 2.39. The van der Waals surface area contributed by atoms with E-state index in [-0.39, 0.29) is 5.54 Å². The molecule has 1 fully saturated rings. The van der Waals surface area contributed by atoms with Crippen molar-refractivity contribution in [3.05, 3.63) is 35.9 Å². The van der Waals surface area contributed by atoms with Crippen LogP contribution in [-0.2, 0) is 6.54 Å². The van der Waals surface area contributed by atoms with Gasteiger partial charge in [0.1, 0.15) is 0 Å². The first-order valence-corrected chi connectivity index (χ1v) is 6.60. The van der Waals surface area contributed by atoms with E-state index in [2.05, 4.69) is 61.3 Å². The van der Waals surface area contributed by atoms with Crippen LogP contribution in [0.2, 0.25) is 0 Å². The second kappa shape index (κ2) is 5.19. The maximum atomic E-state index is 3.61. The van der Waals surface area contributed by atoms with E-state index < -0.39 is 0 Å². The van der Waals surface area contributed by atoms with E-state index in [0.717, 1.165) is 13.1 Å². The first-order valence-electron chi connectivity index (χ1n) is 6.60. The lowest BCUT2D eigenvalue weighted by Crippen LogP contribution is -2.48. The summed E-state index contributed by atoms with van der Waals surface area (Å²) in [4.78, 5) is 2.60. The van der Waals surface area contributed by atoms with Crippen LogP contribution >= 0.6 is 0 Å². The summed E-state index contributed by atoms with van der Waals surface area (Å²) < 4.78 is 0. The molecule has 2 nitrogen and oxygen atoms in total. The SMILES string of the molecule is CC1CCN(Cc2ccccc2)C(C)(C)CN1. The van der Waals surface area contributed by atoms with Crippen LogP contribution in [0, 0.1) is 0 Å². The summed E-state index contributed by atoms with van der Waals surface area (Å²) in [7, 11) is 0. The Bertz CT molecular complexity index is 345. The lowest BCUT2D eigenvalue weighted by Gasteiger charge is -2.37. The molecule has 1 heterocycles. The Labute approximate surface area is 105 Å². The summed E-state index contributed by atoms with van der Waals surface area (Å²) in [6, 6.07) is 11.4. The van der Waals surface area contributed by atoms with E-state index in [1.807, 2.05) is 0 Å². The van der Waals surface area contributed by atoms with Gasteiger partial charge in [0.05, 0.1) is 0 Å². The fourth-order valence-corrected chi connectivity index (χ4v) is 2.39. The molecule has 1 atom stereocenters. The van der Waals surface area contributed by atoms with Gasteiger partial charge in [-0.25, -0.2) is 0 Å². The summed E-state index contributed by atoms with van der Waals surface area (Å²) in [6.45, 7) is 10.3. The number of benzene rings is 1. The topological polar surface area (TPSA) is 15.3 Å². The summed E-state index contributed by atoms with van der Waals surface area (Å²) in [5.41, 5.74) is 1.65. The molecule has 0 saturated carbocycles. The average Bonchev–Trinajstić information content (AvgIpc) is 2.44. The molecule has 0 bridgehead atoms. The van der Waals surface area contributed by atoms with Crippen LogP contribution in [0.1, 0.15) is 32.8 Å². The van der Waals surface area contributed by atoms with Gasteiger partial charge in [0.25, 0.3) is 0 Å². The molecule has 1 aliphatic rings. The highest BCUT2D eigenvalue weighted by Crippen LogP contribution is 2.20. The van der Waals surface area contributed by atoms with Crippen LogP contribution in [0.4, 0.5) is 0 Å². The minimum Gasteiger partial charge on any atom is -0.312 e. The van der Waals surface area contributed by atoms with Crippen molar-refractivity contribution < 1.29 is 0 Å². The highest BCUT2D eigenvalue weighted by Gasteiger charge is 2.29. The van der Waals surface area contributed by atoms with Crippen LogP contribution in [0.5, 0.6) is 0 Å². The van der Waals surface area contributed by atoms with Crippen molar-refractivity contribution in [3.63, 3.8) is 0 Å². The molecular weight excluding hydrogens is 208 g/mol. The predicted octanol–water partition coefficient (Wildman–Crippen LogP) is 2.65. The number of rotatable bonds is 2. The lowest BCUT2D eigenvalue weighted by molar-refractivity contribution is 0.125. The third-order valence-corrected chi connectivity index (χ3v) is 3.79. The van der Waals surface area contributed by atoms with Gasteiger partial charge in [-0.2, -0.15) is 0 Å². The highest BCUT2D eigenvalue weighted by atomic mass is 15.2. The molecule has 0 amide bonds. The zero-order valence-corrected chi connectivity index (χ0v) is 11.2. The van der Waals surface area contributed by atoms with Crippen molar-refractivity contribution in [2.24, 2.45) is 0 Å². The van der Waals surface area contributed by atoms with Gasteiger partial charge in [-0.3, -0.25) is 4.90 Å². The summed E-state index contributed by atoms with van der Waals surface area (Å²) in [5.74, 6) is 0. The molecule has 0 spiro atoms. The third-order valence-electron chi connectivity index (χ3n) is 3.79. The molecule has 0 radical (unpaired) electrons. The summed E-state index contributed by atoms with van der Waals surface area (Å²) >= 11 is 0. The van der Waals surface area contributed by atoms with Crippen LogP contribution in [0.15, 0.2) is 30.3 Å². The standard InChI is InChI=1S/C15H24N2/c1-13-9-10-17(15(2,3)12-16-13)11-14-7-5-4-6-8-14/h4-8,13,16H,9-12H2,1-3H3. The Morgan fingerprint density at radius 3 is 2.71 bits per heavy atom. The smallest absolute Gasteiger partial charge is 0.0281 e. The van der Waals surface area contributed by atoms with Gasteiger partial charge in [0, 0.05) is 31.2 Å². The Kier molecular flexibility index (Phi) is 3.85. The molecule has 0 aromatic heterocycles. The average molecular weight is 232 g/mol. The van der Waals surface area contributed by atoms with Crippen molar-refractivity contribution in [1.82, 2.24) is 10.2 Å². The zero-order valence-electron chi connectivity index (χ0n) is 11.2. The molecular formula is C15H24N2.